The van der Waals surface area contributed by atoms with E-state index in [9.17, 15) is 10.2 Å². The van der Waals surface area contributed by atoms with Gasteiger partial charge in [0.15, 0.2) is 0 Å². The molecular weight excluding hydrogens is 228 g/mol. The van der Waals surface area contributed by atoms with E-state index in [0.29, 0.717) is 13.1 Å². The van der Waals surface area contributed by atoms with Gasteiger partial charge in [-0.15, -0.1) is 0 Å². The molecule has 0 amide bonds. The first kappa shape index (κ1) is 10.9. The van der Waals surface area contributed by atoms with Crippen molar-refractivity contribution < 1.29 is 10.2 Å². The lowest BCUT2D eigenvalue weighted by molar-refractivity contribution is 0.379. The van der Waals surface area contributed by atoms with Gasteiger partial charge in [-0.3, -0.25) is 4.99 Å². The molecule has 1 aliphatic heterocycles. The summed E-state index contributed by atoms with van der Waals surface area (Å²) in [4.78, 5) is 6.39. The molecule has 0 bridgehead atoms. The second-order valence-electron chi connectivity index (χ2n) is 4.34. The highest BCUT2D eigenvalue weighted by Gasteiger charge is 2.31. The largest absolute Gasteiger partial charge is 0.510 e. The Labute approximate surface area is 105 Å². The first-order chi connectivity index (χ1) is 8.77. The van der Waals surface area contributed by atoms with E-state index in [1.54, 1.807) is 24.3 Å². The van der Waals surface area contributed by atoms with Crippen LogP contribution in [0.5, 0.6) is 5.75 Å². The molecule has 0 fully saturated rings. The number of fused-ring (bicyclic) bond motifs is 1. The van der Waals surface area contributed by atoms with Crippen LogP contribution < -0.4 is 4.90 Å². The monoisotopic (exact) mass is 242 g/mol. The van der Waals surface area contributed by atoms with Gasteiger partial charge in [-0.1, -0.05) is 18.2 Å². The van der Waals surface area contributed by atoms with Gasteiger partial charge in [0, 0.05) is 6.54 Å². The van der Waals surface area contributed by atoms with E-state index in [1.807, 2.05) is 23.1 Å². The number of anilines is 1. The van der Waals surface area contributed by atoms with E-state index in [4.69, 9.17) is 0 Å². The van der Waals surface area contributed by atoms with Crippen molar-refractivity contribution in [1.82, 2.24) is 0 Å². The lowest BCUT2D eigenvalue weighted by Crippen LogP contribution is -2.47. The molecule has 18 heavy (non-hydrogen) atoms. The zero-order valence-corrected chi connectivity index (χ0v) is 9.82. The van der Waals surface area contributed by atoms with Crippen molar-refractivity contribution in [3.8, 4) is 5.75 Å². The Morgan fingerprint density at radius 3 is 2.89 bits per heavy atom. The van der Waals surface area contributed by atoms with Crippen LogP contribution in [0.3, 0.4) is 0 Å². The van der Waals surface area contributed by atoms with Crippen LogP contribution >= 0.6 is 0 Å². The van der Waals surface area contributed by atoms with Crippen LogP contribution in [-0.4, -0.2) is 35.1 Å². The normalized spacial score (nSPS) is 22.2. The summed E-state index contributed by atoms with van der Waals surface area (Å²) >= 11 is 0. The number of aliphatic hydroxyl groups excluding tert-OH is 1. The number of phenols is 1. The Kier molecular flexibility index (Phi) is 2.55. The second kappa shape index (κ2) is 4.22. The van der Waals surface area contributed by atoms with Gasteiger partial charge in [0.25, 0.3) is 0 Å². The minimum Gasteiger partial charge on any atom is -0.510 e. The van der Waals surface area contributed by atoms with E-state index >= 15 is 0 Å². The number of para-hydroxylation sites is 2. The standard InChI is InChI=1S/C14H14N2O2/c17-12-6-2-1-5-11(12)16-9-8-15-10-4-3-7-13(18)14(10)16/h1-7,14,17-18H,8-9H2. The smallest absolute Gasteiger partial charge is 0.138 e. The minimum atomic E-state index is -0.281. The van der Waals surface area contributed by atoms with Crippen LogP contribution in [0.15, 0.2) is 53.2 Å². The summed E-state index contributed by atoms with van der Waals surface area (Å²) in [5.41, 5.74) is 1.56. The van der Waals surface area contributed by atoms with Crippen molar-refractivity contribution in [2.24, 2.45) is 4.99 Å². The Hall–Kier alpha value is -2.23. The van der Waals surface area contributed by atoms with E-state index in [0.717, 1.165) is 11.4 Å². The summed E-state index contributed by atoms with van der Waals surface area (Å²) in [6.07, 6.45) is 5.36. The molecular formula is C14H14N2O2. The summed E-state index contributed by atoms with van der Waals surface area (Å²) in [6.45, 7) is 1.34. The maximum Gasteiger partial charge on any atom is 0.138 e. The summed E-state index contributed by atoms with van der Waals surface area (Å²) in [6, 6.07) is 6.88. The van der Waals surface area contributed by atoms with Crippen molar-refractivity contribution in [1.29, 1.82) is 0 Å². The predicted molar refractivity (Wildman–Crippen MR) is 71.4 cm³/mol. The van der Waals surface area contributed by atoms with Gasteiger partial charge in [0.05, 0.1) is 17.9 Å². The number of nitrogens with zero attached hydrogens (tertiary/aromatic N) is 2. The third kappa shape index (κ3) is 1.66. The van der Waals surface area contributed by atoms with Gasteiger partial charge < -0.3 is 15.1 Å². The molecule has 1 aliphatic carbocycles. The minimum absolute atomic E-state index is 0.223. The van der Waals surface area contributed by atoms with Gasteiger partial charge in [-0.05, 0) is 24.3 Å². The second-order valence-corrected chi connectivity index (χ2v) is 4.34. The third-order valence-electron chi connectivity index (χ3n) is 3.23. The molecule has 1 heterocycles. The highest BCUT2D eigenvalue weighted by Crippen LogP contribution is 2.32. The fourth-order valence-corrected chi connectivity index (χ4v) is 2.42. The van der Waals surface area contributed by atoms with Crippen LogP contribution in [0, 0.1) is 0 Å². The molecule has 0 radical (unpaired) electrons. The molecule has 0 aromatic heterocycles. The maximum atomic E-state index is 10.0. The van der Waals surface area contributed by atoms with Gasteiger partial charge in [0.1, 0.15) is 17.6 Å². The maximum absolute atomic E-state index is 10.0. The van der Waals surface area contributed by atoms with Crippen LogP contribution in [0.25, 0.3) is 0 Å². The van der Waals surface area contributed by atoms with E-state index in [2.05, 4.69) is 4.99 Å². The van der Waals surface area contributed by atoms with E-state index < -0.39 is 0 Å². The third-order valence-corrected chi connectivity index (χ3v) is 3.23. The molecule has 1 aromatic carbocycles. The number of benzene rings is 1. The van der Waals surface area contributed by atoms with Crippen LogP contribution in [0.2, 0.25) is 0 Å². The molecule has 1 atom stereocenters. The average Bonchev–Trinajstić information content (AvgIpc) is 2.39. The van der Waals surface area contributed by atoms with Gasteiger partial charge in [0.2, 0.25) is 0 Å². The van der Waals surface area contributed by atoms with E-state index in [-0.39, 0.29) is 17.6 Å². The molecule has 1 unspecified atom stereocenters. The van der Waals surface area contributed by atoms with Gasteiger partial charge >= 0.3 is 0 Å². The summed E-state index contributed by atoms with van der Waals surface area (Å²) in [7, 11) is 0. The number of rotatable bonds is 1. The Morgan fingerprint density at radius 1 is 1.22 bits per heavy atom. The van der Waals surface area contributed by atoms with Crippen molar-refractivity contribution in [2.45, 2.75) is 6.04 Å². The van der Waals surface area contributed by atoms with Crippen molar-refractivity contribution in [3.05, 3.63) is 48.3 Å². The number of allylic oxidation sites excluding steroid dienone is 2. The Morgan fingerprint density at radius 2 is 2.06 bits per heavy atom. The summed E-state index contributed by atoms with van der Waals surface area (Å²) < 4.78 is 0. The zero-order valence-electron chi connectivity index (χ0n) is 9.82. The molecule has 2 N–H and O–H groups in total. The quantitative estimate of drug-likeness (QED) is 0.792. The molecule has 92 valence electrons. The molecule has 2 aliphatic rings. The molecule has 3 rings (SSSR count). The average molecular weight is 242 g/mol. The van der Waals surface area contributed by atoms with Crippen molar-refractivity contribution in [3.63, 3.8) is 0 Å². The molecule has 4 heteroatoms. The van der Waals surface area contributed by atoms with Crippen molar-refractivity contribution >= 4 is 11.4 Å². The molecule has 4 nitrogen and oxygen atoms in total. The molecule has 0 spiro atoms. The number of aliphatic hydroxyl groups is 1. The Balaban J connectivity index is 2.04. The number of hydrogen-bond donors (Lipinski definition) is 2. The fourth-order valence-electron chi connectivity index (χ4n) is 2.42. The zero-order chi connectivity index (χ0) is 12.5. The summed E-state index contributed by atoms with van der Waals surface area (Å²) in [5, 5.41) is 20.0. The first-order valence-corrected chi connectivity index (χ1v) is 5.93. The van der Waals surface area contributed by atoms with E-state index in [1.165, 1.54) is 0 Å². The fraction of sp³-hybridized carbons (Fsp3) is 0.214. The lowest BCUT2D eigenvalue weighted by atomic mass is 9.99. The van der Waals surface area contributed by atoms with Crippen molar-refractivity contribution in [2.75, 3.05) is 18.0 Å². The van der Waals surface area contributed by atoms with Crippen LogP contribution in [0.1, 0.15) is 0 Å². The Bertz CT molecular complexity index is 561. The predicted octanol–water partition coefficient (Wildman–Crippen LogP) is 2.03. The SMILES string of the molecule is OC1=CC=CC2=NCCN(c3ccccc3O)C12. The number of aromatic hydroxyl groups is 1. The lowest BCUT2D eigenvalue weighted by Gasteiger charge is -2.37. The first-order valence-electron chi connectivity index (χ1n) is 5.93. The number of aliphatic imine (C=N–C) groups is 1. The molecule has 1 aromatic rings. The summed E-state index contributed by atoms with van der Waals surface area (Å²) in [5.74, 6) is 0.486. The number of hydrogen-bond acceptors (Lipinski definition) is 4. The van der Waals surface area contributed by atoms with Gasteiger partial charge in [-0.2, -0.15) is 0 Å². The molecule has 0 saturated carbocycles. The van der Waals surface area contributed by atoms with Crippen LogP contribution in [-0.2, 0) is 0 Å². The highest BCUT2D eigenvalue weighted by molar-refractivity contribution is 6.05. The number of phenolic OH excluding ortho intramolecular Hbond substituents is 1. The molecule has 0 saturated heterocycles. The van der Waals surface area contributed by atoms with Crippen LogP contribution in [0.4, 0.5) is 5.69 Å². The topological polar surface area (TPSA) is 56.1 Å². The highest BCUT2D eigenvalue weighted by atomic mass is 16.3. The van der Waals surface area contributed by atoms with Gasteiger partial charge in [-0.25, -0.2) is 0 Å².